The summed E-state index contributed by atoms with van der Waals surface area (Å²) < 4.78 is 53.2. The predicted octanol–water partition coefficient (Wildman–Crippen LogP) is 1.63. The molecular formula is C19H19N7O4S3. The summed E-state index contributed by atoms with van der Waals surface area (Å²) in [7, 11) is -8.57. The van der Waals surface area contributed by atoms with E-state index in [1.165, 1.54) is 23.5 Å². The molecule has 1 saturated carbocycles. The lowest BCUT2D eigenvalue weighted by Crippen LogP contribution is -2.45. The van der Waals surface area contributed by atoms with E-state index in [1.54, 1.807) is 12.1 Å². The summed E-state index contributed by atoms with van der Waals surface area (Å²) in [5.74, 6) is -0.0170. The zero-order valence-corrected chi connectivity index (χ0v) is 19.5. The van der Waals surface area contributed by atoms with Crippen molar-refractivity contribution in [3.05, 3.63) is 35.9 Å². The molecule has 1 fully saturated rings. The Balaban J connectivity index is 1.87. The maximum absolute atomic E-state index is 13.4. The van der Waals surface area contributed by atoms with Crippen LogP contribution in [0.1, 0.15) is 18.4 Å². The van der Waals surface area contributed by atoms with Gasteiger partial charge in [-0.2, -0.15) is 5.11 Å². The lowest BCUT2D eigenvalue weighted by atomic mass is 9.93. The summed E-state index contributed by atoms with van der Waals surface area (Å²) in [6, 6.07) is 7.88. The Kier molecular flexibility index (Phi) is 5.10. The highest BCUT2D eigenvalue weighted by molar-refractivity contribution is 7.94. The molecule has 2 aliphatic rings. The lowest BCUT2D eigenvalue weighted by molar-refractivity contribution is 0.408. The average Bonchev–Trinajstić information content (AvgIpc) is 3.38. The van der Waals surface area contributed by atoms with E-state index in [-0.39, 0.29) is 37.0 Å². The minimum atomic E-state index is -4.53. The van der Waals surface area contributed by atoms with Gasteiger partial charge in [-0.3, -0.25) is 0 Å². The van der Waals surface area contributed by atoms with E-state index in [2.05, 4.69) is 20.2 Å². The number of anilines is 1. The van der Waals surface area contributed by atoms with Crippen LogP contribution in [-0.2, 0) is 19.9 Å². The molecule has 0 atom stereocenters. The number of aromatic nitrogens is 1. The van der Waals surface area contributed by atoms with Gasteiger partial charge in [0.1, 0.15) is 4.90 Å². The SMILES string of the molecule is Nc1nc2c(-c3ccc(S(=O)(=O)C4CC(N)C4)c(S(N)(=O)=O)c3C3=NCN=N3)cccc2s1. The van der Waals surface area contributed by atoms with Gasteiger partial charge in [0.05, 0.1) is 25.9 Å². The molecule has 33 heavy (non-hydrogen) atoms. The van der Waals surface area contributed by atoms with Crippen LogP contribution in [0.25, 0.3) is 21.3 Å². The Labute approximate surface area is 193 Å². The number of nitrogen functional groups attached to an aromatic ring is 1. The third kappa shape index (κ3) is 3.63. The highest BCUT2D eigenvalue weighted by Crippen LogP contribution is 2.41. The van der Waals surface area contributed by atoms with E-state index < -0.39 is 34.9 Å². The number of benzene rings is 2. The topological polar surface area (TPSA) is 196 Å². The first-order valence-electron chi connectivity index (χ1n) is 9.84. The number of fused-ring (bicyclic) bond motifs is 1. The third-order valence-corrected chi connectivity index (χ3v) is 9.87. The molecule has 5 rings (SSSR count). The van der Waals surface area contributed by atoms with Gasteiger partial charge < -0.3 is 11.5 Å². The summed E-state index contributed by atoms with van der Waals surface area (Å²) in [6.07, 6.45) is 0.475. The number of sulfonamides is 1. The van der Waals surface area contributed by atoms with Crippen LogP contribution in [0.3, 0.4) is 0 Å². The van der Waals surface area contributed by atoms with Crippen molar-refractivity contribution < 1.29 is 16.8 Å². The monoisotopic (exact) mass is 505 g/mol. The van der Waals surface area contributed by atoms with Crippen LogP contribution < -0.4 is 16.6 Å². The van der Waals surface area contributed by atoms with Crippen molar-refractivity contribution in [3.63, 3.8) is 0 Å². The number of para-hydroxylation sites is 1. The summed E-state index contributed by atoms with van der Waals surface area (Å²) in [6.45, 7) is -0.0128. The number of azo groups is 1. The van der Waals surface area contributed by atoms with Crippen molar-refractivity contribution in [3.8, 4) is 11.1 Å². The van der Waals surface area contributed by atoms with Crippen molar-refractivity contribution in [1.29, 1.82) is 0 Å². The number of hydrogen-bond acceptors (Lipinski definition) is 11. The summed E-state index contributed by atoms with van der Waals surface area (Å²) in [4.78, 5) is 7.59. The van der Waals surface area contributed by atoms with Crippen LogP contribution >= 0.6 is 11.3 Å². The number of aliphatic imine (C=N–C) groups is 1. The highest BCUT2D eigenvalue weighted by Gasteiger charge is 2.42. The molecule has 2 heterocycles. The van der Waals surface area contributed by atoms with Gasteiger partial charge >= 0.3 is 0 Å². The molecule has 0 bridgehead atoms. The zero-order chi connectivity index (χ0) is 23.5. The number of hydrogen-bond donors (Lipinski definition) is 3. The Hall–Kier alpha value is -2.78. The molecule has 1 aliphatic heterocycles. The normalized spacial score (nSPS) is 20.7. The van der Waals surface area contributed by atoms with Crippen LogP contribution in [0.2, 0.25) is 0 Å². The highest BCUT2D eigenvalue weighted by atomic mass is 32.2. The van der Waals surface area contributed by atoms with E-state index in [0.717, 1.165) is 4.70 Å². The van der Waals surface area contributed by atoms with Crippen LogP contribution in [0, 0.1) is 0 Å². The van der Waals surface area contributed by atoms with Gasteiger partial charge in [-0.05, 0) is 30.5 Å². The number of amidine groups is 1. The van der Waals surface area contributed by atoms with Crippen molar-refractivity contribution in [1.82, 2.24) is 4.98 Å². The molecule has 6 N–H and O–H groups in total. The predicted molar refractivity (Wildman–Crippen MR) is 125 cm³/mol. The fourth-order valence-corrected chi connectivity index (χ4v) is 8.37. The molecule has 172 valence electrons. The summed E-state index contributed by atoms with van der Waals surface area (Å²) in [5.41, 5.74) is 13.1. The second-order valence-electron chi connectivity index (χ2n) is 7.83. The van der Waals surface area contributed by atoms with E-state index in [4.69, 9.17) is 16.6 Å². The molecule has 3 aromatic rings. The molecule has 1 aromatic heterocycles. The maximum Gasteiger partial charge on any atom is 0.240 e. The molecule has 0 saturated heterocycles. The number of nitrogens with zero attached hydrogens (tertiary/aromatic N) is 4. The van der Waals surface area contributed by atoms with Gasteiger partial charge in [0.15, 0.2) is 27.5 Å². The van der Waals surface area contributed by atoms with Gasteiger partial charge in [0.25, 0.3) is 0 Å². The van der Waals surface area contributed by atoms with Crippen LogP contribution in [-0.4, -0.2) is 45.6 Å². The first-order chi connectivity index (χ1) is 15.6. The van der Waals surface area contributed by atoms with E-state index in [0.29, 0.717) is 21.8 Å². The molecule has 0 radical (unpaired) electrons. The number of rotatable bonds is 5. The maximum atomic E-state index is 13.4. The quantitative estimate of drug-likeness (QED) is 0.468. The number of thiazole rings is 1. The summed E-state index contributed by atoms with van der Waals surface area (Å²) >= 11 is 1.27. The minimum Gasteiger partial charge on any atom is -0.375 e. The largest absolute Gasteiger partial charge is 0.375 e. The van der Waals surface area contributed by atoms with Gasteiger partial charge in [0, 0.05) is 11.6 Å². The van der Waals surface area contributed by atoms with Crippen LogP contribution in [0.4, 0.5) is 5.13 Å². The van der Waals surface area contributed by atoms with E-state index in [9.17, 15) is 16.8 Å². The fraction of sp³-hybridized carbons (Fsp3) is 0.263. The van der Waals surface area contributed by atoms with Gasteiger partial charge in [0.2, 0.25) is 10.0 Å². The van der Waals surface area contributed by atoms with Crippen molar-refractivity contribution in [2.75, 3.05) is 12.4 Å². The van der Waals surface area contributed by atoms with E-state index in [1.807, 2.05) is 6.07 Å². The molecule has 0 spiro atoms. The van der Waals surface area contributed by atoms with E-state index >= 15 is 0 Å². The minimum absolute atomic E-state index is 0.0128. The summed E-state index contributed by atoms with van der Waals surface area (Å²) in [5, 5.41) is 12.9. The molecule has 1 aliphatic carbocycles. The van der Waals surface area contributed by atoms with Gasteiger partial charge in [-0.1, -0.05) is 29.5 Å². The molecule has 2 aromatic carbocycles. The first-order valence-corrected chi connectivity index (χ1v) is 13.8. The first kappa shape index (κ1) is 22.0. The average molecular weight is 506 g/mol. The smallest absolute Gasteiger partial charge is 0.240 e. The van der Waals surface area contributed by atoms with Crippen molar-refractivity contribution >= 4 is 52.4 Å². The standard InChI is InChI=1S/C19H19N7O4S3/c20-9-6-10(7-9)32(27,28)14-5-4-11(12-2-1-3-13-16(12)25-19(21)31-13)15(17(14)33(22,29)30)18-23-8-24-26-18/h1-5,9-10H,6-8,20H2,(H2,21,25)(H2,22,29,30). The molecule has 14 heteroatoms. The fourth-order valence-electron chi connectivity index (χ4n) is 4.10. The van der Waals surface area contributed by atoms with Crippen molar-refractivity contribution in [2.24, 2.45) is 26.1 Å². The number of sulfone groups is 1. The number of nitrogens with two attached hydrogens (primary N) is 3. The molecule has 0 amide bonds. The zero-order valence-electron chi connectivity index (χ0n) is 17.0. The van der Waals surface area contributed by atoms with Gasteiger partial charge in [-0.15, -0.1) is 5.11 Å². The Bertz CT molecular complexity index is 1570. The molecule has 11 nitrogen and oxygen atoms in total. The Morgan fingerprint density at radius 3 is 2.42 bits per heavy atom. The second-order valence-corrected chi connectivity index (χ2v) is 12.6. The Morgan fingerprint density at radius 1 is 1.03 bits per heavy atom. The van der Waals surface area contributed by atoms with Crippen LogP contribution in [0.5, 0.6) is 0 Å². The lowest BCUT2D eigenvalue weighted by Gasteiger charge is -2.32. The third-order valence-electron chi connectivity index (χ3n) is 5.68. The van der Waals surface area contributed by atoms with Crippen molar-refractivity contribution in [2.45, 2.75) is 33.9 Å². The van der Waals surface area contributed by atoms with Crippen LogP contribution in [0.15, 0.2) is 55.3 Å². The Morgan fingerprint density at radius 2 is 1.79 bits per heavy atom. The molecular weight excluding hydrogens is 486 g/mol. The molecule has 0 unspecified atom stereocenters. The second kappa shape index (κ2) is 7.63. The number of primary sulfonamides is 1. The van der Waals surface area contributed by atoms with Gasteiger partial charge in [-0.25, -0.2) is 32.0 Å².